The molecule has 52 heavy (non-hydrogen) atoms. The normalized spacial score (nSPS) is 16.2. The molecule has 12 heteroatoms. The predicted molar refractivity (Wildman–Crippen MR) is 185 cm³/mol. The summed E-state index contributed by atoms with van der Waals surface area (Å²) < 4.78 is 68.3. The Labute approximate surface area is 300 Å². The number of nitrogens with zero attached hydrogens (tertiary/aromatic N) is 2. The highest BCUT2D eigenvalue weighted by atomic mass is 19.3. The number of carbonyl (C=O) groups excluding carboxylic acids is 2. The van der Waals surface area contributed by atoms with Gasteiger partial charge >= 0.3 is 25.2 Å². The Hall–Kier alpha value is -5.00. The number of carbonyl (C=O) groups is 2. The molecule has 8 nitrogen and oxygen atoms in total. The van der Waals surface area contributed by atoms with Gasteiger partial charge in [-0.15, -0.1) is 0 Å². The van der Waals surface area contributed by atoms with Crippen molar-refractivity contribution in [1.29, 1.82) is 0 Å². The lowest BCUT2D eigenvalue weighted by atomic mass is 9.79. The van der Waals surface area contributed by atoms with E-state index in [-0.39, 0.29) is 23.4 Å². The van der Waals surface area contributed by atoms with Crippen LogP contribution in [0.1, 0.15) is 104 Å². The van der Waals surface area contributed by atoms with Crippen molar-refractivity contribution in [1.82, 2.24) is 9.97 Å². The first-order valence-corrected chi connectivity index (χ1v) is 17.3. The van der Waals surface area contributed by atoms with Crippen LogP contribution in [0.25, 0.3) is 0 Å². The first-order valence-electron chi connectivity index (χ1n) is 17.3. The van der Waals surface area contributed by atoms with Crippen LogP contribution in [-0.2, 0) is 35.2 Å². The van der Waals surface area contributed by atoms with E-state index in [1.807, 2.05) is 12.1 Å². The standard InChI is InChI=1S/2C20H21F2NO3/c2*1-25-19(24)18-9-10-23-12-15(18)6-5-13-3-2-4-14-11-16(26-20(21)22)7-8-17(13)14/h2*7-13,20H,2-6H2,1H3/t2*13-/m10/s1. The fraction of sp³-hybridized carbons (Fsp3) is 0.400. The monoisotopic (exact) mass is 722 g/mol. The minimum atomic E-state index is -2.81. The summed E-state index contributed by atoms with van der Waals surface area (Å²) >= 11 is 0. The summed E-state index contributed by atoms with van der Waals surface area (Å²) in [7, 11) is 2.73. The number of methoxy groups -OCH3 is 2. The molecule has 0 fully saturated rings. The van der Waals surface area contributed by atoms with E-state index in [2.05, 4.69) is 19.4 Å². The van der Waals surface area contributed by atoms with Crippen molar-refractivity contribution in [2.75, 3.05) is 14.2 Å². The van der Waals surface area contributed by atoms with Crippen molar-refractivity contribution in [2.24, 2.45) is 0 Å². The molecule has 0 spiro atoms. The highest BCUT2D eigenvalue weighted by molar-refractivity contribution is 5.91. The second kappa shape index (κ2) is 18.5. The SMILES string of the molecule is COC(=O)c1ccncc1CC[C@@H]1CCCc2cc(OC(F)F)ccc21.COC(=O)c1ccncc1CC[C@H]1CCCc2cc(OC(F)F)ccc21. The van der Waals surface area contributed by atoms with Gasteiger partial charge < -0.3 is 18.9 Å². The lowest BCUT2D eigenvalue weighted by Gasteiger charge is -2.26. The Kier molecular flexibility index (Phi) is 13.6. The van der Waals surface area contributed by atoms with Crippen LogP contribution in [0, 0.1) is 0 Å². The molecule has 2 aromatic heterocycles. The molecule has 0 saturated heterocycles. The van der Waals surface area contributed by atoms with Crippen LogP contribution < -0.4 is 9.47 Å². The Morgan fingerprint density at radius 3 is 1.48 bits per heavy atom. The number of esters is 2. The fourth-order valence-corrected chi connectivity index (χ4v) is 7.27. The second-order valence-corrected chi connectivity index (χ2v) is 12.8. The van der Waals surface area contributed by atoms with Gasteiger partial charge in [-0.05, 0) is 146 Å². The number of benzene rings is 2. The summed E-state index contributed by atoms with van der Waals surface area (Å²) in [5.41, 5.74) is 7.31. The molecular weight excluding hydrogens is 680 g/mol. The molecule has 2 heterocycles. The highest BCUT2D eigenvalue weighted by Crippen LogP contribution is 2.38. The zero-order valence-corrected chi connectivity index (χ0v) is 29.2. The second-order valence-electron chi connectivity index (χ2n) is 12.8. The van der Waals surface area contributed by atoms with Gasteiger partial charge in [0.1, 0.15) is 11.5 Å². The molecule has 0 unspecified atom stereocenters. The maximum Gasteiger partial charge on any atom is 0.387 e. The van der Waals surface area contributed by atoms with E-state index >= 15 is 0 Å². The third-order valence-electron chi connectivity index (χ3n) is 9.70. The Balaban J connectivity index is 0.000000201. The van der Waals surface area contributed by atoms with Gasteiger partial charge in [0.2, 0.25) is 0 Å². The van der Waals surface area contributed by atoms with E-state index in [0.717, 1.165) is 73.6 Å². The molecule has 6 rings (SSSR count). The van der Waals surface area contributed by atoms with Gasteiger partial charge in [-0.3, -0.25) is 9.97 Å². The van der Waals surface area contributed by atoms with Crippen LogP contribution in [0.4, 0.5) is 17.6 Å². The largest absolute Gasteiger partial charge is 0.465 e. The third kappa shape index (κ3) is 10.1. The van der Waals surface area contributed by atoms with E-state index in [9.17, 15) is 27.2 Å². The zero-order valence-electron chi connectivity index (χ0n) is 29.2. The number of ether oxygens (including phenoxy) is 4. The molecule has 0 aliphatic heterocycles. The Morgan fingerprint density at radius 2 is 1.10 bits per heavy atom. The molecule has 2 aliphatic carbocycles. The minimum Gasteiger partial charge on any atom is -0.465 e. The summed E-state index contributed by atoms with van der Waals surface area (Å²) in [4.78, 5) is 32.0. The Bertz CT molecular complexity index is 1690. The van der Waals surface area contributed by atoms with E-state index in [4.69, 9.17) is 9.47 Å². The zero-order chi connectivity index (χ0) is 37.0. The van der Waals surface area contributed by atoms with Crippen molar-refractivity contribution in [2.45, 2.75) is 89.3 Å². The number of aromatic nitrogens is 2. The third-order valence-corrected chi connectivity index (χ3v) is 9.70. The Morgan fingerprint density at radius 1 is 0.673 bits per heavy atom. The first kappa shape index (κ1) is 38.2. The van der Waals surface area contributed by atoms with Gasteiger partial charge in [-0.2, -0.15) is 17.6 Å². The van der Waals surface area contributed by atoms with Gasteiger partial charge in [0.25, 0.3) is 0 Å². The van der Waals surface area contributed by atoms with Gasteiger partial charge in [0.05, 0.1) is 25.3 Å². The molecule has 0 bridgehead atoms. The first-order chi connectivity index (χ1) is 25.2. The maximum atomic E-state index is 12.4. The van der Waals surface area contributed by atoms with E-state index in [1.54, 1.807) is 61.2 Å². The molecule has 0 radical (unpaired) electrons. The fourth-order valence-electron chi connectivity index (χ4n) is 7.27. The lowest BCUT2D eigenvalue weighted by molar-refractivity contribution is -0.0506. The number of halogens is 4. The number of hydrogen-bond acceptors (Lipinski definition) is 8. The molecule has 4 aromatic rings. The molecule has 0 amide bonds. The number of pyridine rings is 2. The maximum absolute atomic E-state index is 12.4. The number of fused-ring (bicyclic) bond motifs is 2. The quantitative estimate of drug-likeness (QED) is 0.106. The summed E-state index contributed by atoms with van der Waals surface area (Å²) in [5.74, 6) is 0.342. The van der Waals surface area contributed by atoms with Gasteiger partial charge in [0, 0.05) is 24.8 Å². The van der Waals surface area contributed by atoms with Crippen molar-refractivity contribution >= 4 is 11.9 Å². The summed E-state index contributed by atoms with van der Waals surface area (Å²) in [6.07, 6.45) is 15.5. The highest BCUT2D eigenvalue weighted by Gasteiger charge is 2.24. The van der Waals surface area contributed by atoms with E-state index < -0.39 is 13.2 Å². The van der Waals surface area contributed by atoms with Crippen LogP contribution in [0.3, 0.4) is 0 Å². The number of aryl methyl sites for hydroxylation is 4. The van der Waals surface area contributed by atoms with Gasteiger partial charge in [-0.25, -0.2) is 9.59 Å². The molecular formula is C40H42F4N2O6. The smallest absolute Gasteiger partial charge is 0.387 e. The molecule has 2 aliphatic rings. The minimum absolute atomic E-state index is 0.208. The summed E-state index contributed by atoms with van der Waals surface area (Å²) in [5, 5.41) is 0. The van der Waals surface area contributed by atoms with Crippen molar-refractivity contribution in [3.8, 4) is 11.5 Å². The van der Waals surface area contributed by atoms with E-state index in [0.29, 0.717) is 35.8 Å². The average molecular weight is 723 g/mol. The van der Waals surface area contributed by atoms with Gasteiger partial charge in [0.15, 0.2) is 0 Å². The summed E-state index contributed by atoms with van der Waals surface area (Å²) in [6.45, 7) is -5.62. The predicted octanol–water partition coefficient (Wildman–Crippen LogP) is 9.04. The molecule has 0 N–H and O–H groups in total. The van der Waals surface area contributed by atoms with Crippen LogP contribution in [0.15, 0.2) is 73.3 Å². The number of hydrogen-bond donors (Lipinski definition) is 0. The van der Waals surface area contributed by atoms with Crippen molar-refractivity contribution in [3.63, 3.8) is 0 Å². The summed E-state index contributed by atoms with van der Waals surface area (Å²) in [6, 6.07) is 13.8. The molecule has 0 saturated carbocycles. The molecule has 2 atom stereocenters. The number of rotatable bonds is 12. The van der Waals surface area contributed by atoms with E-state index in [1.165, 1.54) is 25.3 Å². The number of alkyl halides is 4. The van der Waals surface area contributed by atoms with Crippen LogP contribution in [0.5, 0.6) is 11.5 Å². The van der Waals surface area contributed by atoms with Gasteiger partial charge in [-0.1, -0.05) is 12.1 Å². The van der Waals surface area contributed by atoms with Crippen LogP contribution in [0.2, 0.25) is 0 Å². The lowest BCUT2D eigenvalue weighted by Crippen LogP contribution is -2.13. The van der Waals surface area contributed by atoms with Crippen LogP contribution >= 0.6 is 0 Å². The average Bonchev–Trinajstić information content (AvgIpc) is 3.15. The van der Waals surface area contributed by atoms with Crippen LogP contribution in [-0.4, -0.2) is 49.3 Å². The molecule has 276 valence electrons. The molecule has 2 aromatic carbocycles. The topological polar surface area (TPSA) is 96.8 Å². The van der Waals surface area contributed by atoms with Crippen molar-refractivity contribution < 1.29 is 46.1 Å². The van der Waals surface area contributed by atoms with Crippen molar-refractivity contribution in [3.05, 3.63) is 118 Å².